The molecule has 0 spiro atoms. The van der Waals surface area contributed by atoms with Gasteiger partial charge in [-0.15, -0.1) is 0 Å². The lowest BCUT2D eigenvalue weighted by Gasteiger charge is -2.18. The van der Waals surface area contributed by atoms with Crippen LogP contribution in [0, 0.1) is 0 Å². The Labute approximate surface area is 200 Å². The molecule has 0 fully saturated rings. The molecule has 6 rings (SSSR count). The van der Waals surface area contributed by atoms with Crippen molar-refractivity contribution in [1.82, 2.24) is 0 Å². The molecule has 0 aromatic heterocycles. The first kappa shape index (κ1) is 20.2. The number of hydrogen-bond donors (Lipinski definition) is 0. The van der Waals surface area contributed by atoms with Crippen molar-refractivity contribution in [3.63, 3.8) is 0 Å². The van der Waals surface area contributed by atoms with Crippen LogP contribution in [0.25, 0.3) is 61.0 Å². The maximum atomic E-state index is 3.91. The molecular formula is C34H24. The smallest absolute Gasteiger partial charge is 0.00262 e. The van der Waals surface area contributed by atoms with E-state index in [-0.39, 0.29) is 0 Å². The highest BCUT2D eigenvalue weighted by Crippen LogP contribution is 2.44. The lowest BCUT2D eigenvalue weighted by Crippen LogP contribution is -1.91. The number of benzene rings is 6. The third-order valence-corrected chi connectivity index (χ3v) is 6.62. The highest BCUT2D eigenvalue weighted by Gasteiger charge is 2.16. The van der Waals surface area contributed by atoms with Gasteiger partial charge >= 0.3 is 0 Å². The van der Waals surface area contributed by atoms with Gasteiger partial charge in [-0.3, -0.25) is 0 Å². The third-order valence-electron chi connectivity index (χ3n) is 6.62. The molecule has 0 heterocycles. The van der Waals surface area contributed by atoms with Gasteiger partial charge in [0.1, 0.15) is 0 Å². The van der Waals surface area contributed by atoms with E-state index in [4.69, 9.17) is 0 Å². The van der Waals surface area contributed by atoms with Crippen LogP contribution in [0.15, 0.2) is 134 Å². The van der Waals surface area contributed by atoms with Crippen LogP contribution in [0.5, 0.6) is 0 Å². The van der Waals surface area contributed by atoms with Gasteiger partial charge in [0, 0.05) is 0 Å². The molecule has 0 saturated carbocycles. The predicted octanol–water partition coefficient (Wildman–Crippen LogP) is 9.64. The summed E-state index contributed by atoms with van der Waals surface area (Å²) in [5.74, 6) is 0. The van der Waals surface area contributed by atoms with E-state index >= 15 is 0 Å². The van der Waals surface area contributed by atoms with Crippen LogP contribution in [0.1, 0.15) is 5.56 Å². The first-order valence-electron chi connectivity index (χ1n) is 11.7. The minimum Gasteiger partial charge on any atom is -0.0985 e. The molecule has 160 valence electrons. The molecule has 0 amide bonds. The van der Waals surface area contributed by atoms with Crippen molar-refractivity contribution in [1.29, 1.82) is 0 Å². The summed E-state index contributed by atoms with van der Waals surface area (Å²) in [6.45, 7) is 3.91. The second-order valence-corrected chi connectivity index (χ2v) is 8.61. The Morgan fingerprint density at radius 1 is 0.382 bits per heavy atom. The topological polar surface area (TPSA) is 0 Å². The molecule has 0 saturated heterocycles. The second kappa shape index (κ2) is 8.50. The fourth-order valence-electron chi connectivity index (χ4n) is 5.02. The fourth-order valence-corrected chi connectivity index (χ4v) is 5.02. The van der Waals surface area contributed by atoms with E-state index in [9.17, 15) is 0 Å². The fraction of sp³-hybridized carbons (Fsp3) is 0. The van der Waals surface area contributed by atoms with E-state index < -0.39 is 0 Å². The lowest BCUT2D eigenvalue weighted by molar-refractivity contribution is 1.61. The summed E-state index contributed by atoms with van der Waals surface area (Å²) in [6, 6.07) is 45.8. The number of rotatable bonds is 4. The van der Waals surface area contributed by atoms with Gasteiger partial charge in [0.25, 0.3) is 0 Å². The maximum Gasteiger partial charge on any atom is -0.00262 e. The molecule has 0 heteroatoms. The van der Waals surface area contributed by atoms with Crippen LogP contribution < -0.4 is 0 Å². The zero-order valence-corrected chi connectivity index (χ0v) is 18.9. The zero-order valence-electron chi connectivity index (χ0n) is 18.9. The van der Waals surface area contributed by atoms with Crippen molar-refractivity contribution in [2.24, 2.45) is 0 Å². The predicted molar refractivity (Wildman–Crippen MR) is 148 cm³/mol. The lowest BCUT2D eigenvalue weighted by atomic mass is 9.85. The SMILES string of the molecule is C=Cc1ccc(-c2c3ccccc3c(-c3cccc(-c4ccccc4)c3)c3ccccc23)cc1. The van der Waals surface area contributed by atoms with E-state index in [0.717, 1.165) is 5.56 Å². The van der Waals surface area contributed by atoms with Gasteiger partial charge in [0.2, 0.25) is 0 Å². The summed E-state index contributed by atoms with van der Waals surface area (Å²) >= 11 is 0. The standard InChI is InChI=1S/C34H24/c1-2-24-19-21-26(22-20-24)33-29-15-6-8-17-31(29)34(32-18-9-7-16-30(32)33)28-14-10-13-27(23-28)25-11-4-3-5-12-25/h2-23H,1H2. The first-order valence-corrected chi connectivity index (χ1v) is 11.7. The van der Waals surface area contributed by atoms with Gasteiger partial charge in [-0.2, -0.15) is 0 Å². The number of hydrogen-bond acceptors (Lipinski definition) is 0. The summed E-state index contributed by atoms with van der Waals surface area (Å²) in [7, 11) is 0. The van der Waals surface area contributed by atoms with Crippen LogP contribution in [0.3, 0.4) is 0 Å². The van der Waals surface area contributed by atoms with Crippen LogP contribution in [0.2, 0.25) is 0 Å². The molecule has 0 radical (unpaired) electrons. The van der Waals surface area contributed by atoms with E-state index in [1.165, 1.54) is 54.9 Å². The van der Waals surface area contributed by atoms with E-state index in [2.05, 4.69) is 134 Å². The Hall–Kier alpha value is -4.42. The van der Waals surface area contributed by atoms with E-state index in [1.54, 1.807) is 0 Å². The first-order chi connectivity index (χ1) is 16.8. The molecule has 0 aliphatic heterocycles. The molecule has 0 unspecified atom stereocenters. The molecule has 0 nitrogen and oxygen atoms in total. The maximum absolute atomic E-state index is 3.91. The normalized spacial score (nSPS) is 11.1. The van der Waals surface area contributed by atoms with Gasteiger partial charge in [0.15, 0.2) is 0 Å². The van der Waals surface area contributed by atoms with Crippen molar-refractivity contribution in [2.45, 2.75) is 0 Å². The Morgan fingerprint density at radius 3 is 1.41 bits per heavy atom. The minimum atomic E-state index is 1.13. The van der Waals surface area contributed by atoms with Crippen LogP contribution in [0.4, 0.5) is 0 Å². The Kier molecular flexibility index (Phi) is 5.05. The molecule has 0 atom stereocenters. The van der Waals surface area contributed by atoms with Gasteiger partial charge in [0.05, 0.1) is 0 Å². The van der Waals surface area contributed by atoms with E-state index in [1.807, 2.05) is 6.08 Å². The largest absolute Gasteiger partial charge is 0.0985 e. The average molecular weight is 433 g/mol. The Bertz CT molecular complexity index is 1580. The summed E-state index contributed by atoms with van der Waals surface area (Å²) in [5, 5.41) is 5.09. The van der Waals surface area contributed by atoms with Crippen molar-refractivity contribution in [3.05, 3.63) is 140 Å². The van der Waals surface area contributed by atoms with Crippen LogP contribution >= 0.6 is 0 Å². The van der Waals surface area contributed by atoms with Gasteiger partial charge in [-0.1, -0.05) is 134 Å². The van der Waals surface area contributed by atoms with E-state index in [0.29, 0.717) is 0 Å². The summed E-state index contributed by atoms with van der Waals surface area (Å²) in [4.78, 5) is 0. The van der Waals surface area contributed by atoms with Crippen molar-refractivity contribution < 1.29 is 0 Å². The molecular weight excluding hydrogens is 408 g/mol. The molecule has 0 aliphatic rings. The molecule has 0 N–H and O–H groups in total. The molecule has 34 heavy (non-hydrogen) atoms. The van der Waals surface area contributed by atoms with Gasteiger partial charge in [-0.25, -0.2) is 0 Å². The Morgan fingerprint density at radius 2 is 0.853 bits per heavy atom. The highest BCUT2D eigenvalue weighted by molar-refractivity contribution is 6.21. The van der Waals surface area contributed by atoms with Crippen LogP contribution in [-0.2, 0) is 0 Å². The van der Waals surface area contributed by atoms with Crippen LogP contribution in [-0.4, -0.2) is 0 Å². The van der Waals surface area contributed by atoms with Crippen molar-refractivity contribution in [3.8, 4) is 33.4 Å². The molecule has 0 bridgehead atoms. The summed E-state index contributed by atoms with van der Waals surface area (Å²) < 4.78 is 0. The van der Waals surface area contributed by atoms with Gasteiger partial charge in [-0.05, 0) is 66.6 Å². The zero-order chi connectivity index (χ0) is 22.9. The second-order valence-electron chi connectivity index (χ2n) is 8.61. The van der Waals surface area contributed by atoms with Crippen molar-refractivity contribution in [2.75, 3.05) is 0 Å². The average Bonchev–Trinajstić information content (AvgIpc) is 2.92. The third kappa shape index (κ3) is 3.41. The molecule has 6 aromatic carbocycles. The highest BCUT2D eigenvalue weighted by atomic mass is 14.2. The molecule has 6 aromatic rings. The number of fused-ring (bicyclic) bond motifs is 2. The monoisotopic (exact) mass is 432 g/mol. The van der Waals surface area contributed by atoms with Crippen molar-refractivity contribution >= 4 is 27.6 Å². The van der Waals surface area contributed by atoms with Gasteiger partial charge < -0.3 is 0 Å². The minimum absolute atomic E-state index is 1.13. The summed E-state index contributed by atoms with van der Waals surface area (Å²) in [6.07, 6.45) is 1.89. The molecule has 0 aliphatic carbocycles. The Balaban J connectivity index is 1.68. The quantitative estimate of drug-likeness (QED) is 0.243. The summed E-state index contributed by atoms with van der Waals surface area (Å²) in [5.41, 5.74) is 8.63.